The van der Waals surface area contributed by atoms with Crippen molar-refractivity contribution in [2.45, 2.75) is 39.7 Å². The van der Waals surface area contributed by atoms with Crippen LogP contribution < -0.4 is 9.47 Å². The Morgan fingerprint density at radius 2 is 1.63 bits per heavy atom. The third-order valence-corrected chi connectivity index (χ3v) is 7.48. The molecule has 0 aliphatic carbocycles. The van der Waals surface area contributed by atoms with Crippen molar-refractivity contribution in [3.63, 3.8) is 0 Å². The molecule has 43 heavy (non-hydrogen) atoms. The molecule has 0 saturated carbocycles. The van der Waals surface area contributed by atoms with Crippen LogP contribution in [-0.4, -0.2) is 39.9 Å². The summed E-state index contributed by atoms with van der Waals surface area (Å²) in [5.41, 5.74) is 5.36. The maximum atomic E-state index is 11.7. The third-order valence-electron chi connectivity index (χ3n) is 6.98. The summed E-state index contributed by atoms with van der Waals surface area (Å²) in [6, 6.07) is 17.0. The van der Waals surface area contributed by atoms with Crippen LogP contribution in [0.5, 0.6) is 11.5 Å². The number of carboxylic acids is 2. The number of aryl methyl sites for hydroxylation is 2. The van der Waals surface area contributed by atoms with Gasteiger partial charge in [-0.05, 0) is 85.4 Å². The lowest BCUT2D eigenvalue weighted by molar-refractivity contribution is -0.138. The zero-order valence-electron chi connectivity index (χ0n) is 24.0. The van der Waals surface area contributed by atoms with Crippen LogP contribution in [0.15, 0.2) is 66.7 Å². The molecule has 224 valence electrons. The molecule has 4 aromatic rings. The number of ether oxygens (including phenoxy) is 2. The molecule has 2 N–H and O–H groups in total. The van der Waals surface area contributed by atoms with Crippen molar-refractivity contribution >= 4 is 58.2 Å². The Hall–Kier alpha value is -4.20. The Labute approximate surface area is 260 Å². The van der Waals surface area contributed by atoms with Gasteiger partial charge in [-0.25, -0.2) is 0 Å². The van der Waals surface area contributed by atoms with E-state index in [1.165, 1.54) is 0 Å². The van der Waals surface area contributed by atoms with E-state index in [0.29, 0.717) is 41.9 Å². The van der Waals surface area contributed by atoms with Crippen molar-refractivity contribution in [3.05, 3.63) is 105 Å². The summed E-state index contributed by atoms with van der Waals surface area (Å²) in [7, 11) is 0. The highest BCUT2D eigenvalue weighted by Gasteiger charge is 2.18. The molecule has 0 radical (unpaired) electrons. The Kier molecular flexibility index (Phi) is 10.9. The number of hydrogen-bond donors (Lipinski definition) is 2. The van der Waals surface area contributed by atoms with E-state index >= 15 is 0 Å². The van der Waals surface area contributed by atoms with Crippen LogP contribution in [0.1, 0.15) is 40.8 Å². The summed E-state index contributed by atoms with van der Waals surface area (Å²) in [6.45, 7) is 4.33. The number of carbonyl (C=O) groups is 2. The number of fused-ring (bicyclic) bond motifs is 1. The van der Waals surface area contributed by atoms with Gasteiger partial charge in [-0.15, -0.1) is 0 Å². The Balaban J connectivity index is 1.40. The minimum atomic E-state index is -0.935. The van der Waals surface area contributed by atoms with E-state index in [9.17, 15) is 14.7 Å². The first kappa shape index (κ1) is 31.7. The van der Waals surface area contributed by atoms with Gasteiger partial charge in [0.25, 0.3) is 0 Å². The molecule has 0 amide bonds. The van der Waals surface area contributed by atoms with Gasteiger partial charge in [0.2, 0.25) is 0 Å². The van der Waals surface area contributed by atoms with Crippen LogP contribution in [0, 0.1) is 13.8 Å². The van der Waals surface area contributed by atoms with Crippen molar-refractivity contribution < 1.29 is 29.3 Å². The van der Waals surface area contributed by atoms with E-state index in [0.717, 1.165) is 44.6 Å². The molecule has 0 atom stereocenters. The average molecular weight is 623 g/mol. The number of benzene rings is 3. The lowest BCUT2D eigenvalue weighted by Gasteiger charge is -2.09. The first-order valence-electron chi connectivity index (χ1n) is 13.8. The fraction of sp³-hybridized carbons (Fsp3) is 0.235. The number of aliphatic carboxylic acids is 2. The molecule has 0 bridgehead atoms. The van der Waals surface area contributed by atoms with Crippen LogP contribution in [-0.2, 0) is 22.6 Å². The van der Waals surface area contributed by atoms with E-state index < -0.39 is 11.9 Å². The Morgan fingerprint density at radius 1 is 0.907 bits per heavy atom. The number of para-hydroxylation sites is 1. The Bertz CT molecular complexity index is 1650. The second kappa shape index (κ2) is 14.8. The molecule has 0 saturated heterocycles. The van der Waals surface area contributed by atoms with Crippen molar-refractivity contribution in [1.82, 2.24) is 4.57 Å². The van der Waals surface area contributed by atoms with Gasteiger partial charge in [0.1, 0.15) is 31.3 Å². The minimum absolute atomic E-state index is 0.0639. The van der Waals surface area contributed by atoms with Gasteiger partial charge >= 0.3 is 11.9 Å². The quantitative estimate of drug-likeness (QED) is 0.109. The SMILES string of the molecule is Cc1cc(Cl)cc(Cl)c1OC/C=C/COc1ccc(C=Cc2cccc3c(CCCC(=O)O)c(C)n(CC(=O)O)c23)cc1. The summed E-state index contributed by atoms with van der Waals surface area (Å²) < 4.78 is 13.4. The van der Waals surface area contributed by atoms with Gasteiger partial charge in [-0.1, -0.05) is 65.7 Å². The molecule has 0 aliphatic rings. The maximum absolute atomic E-state index is 11.7. The van der Waals surface area contributed by atoms with Gasteiger partial charge in [-0.3, -0.25) is 9.59 Å². The smallest absolute Gasteiger partial charge is 0.323 e. The molecule has 0 spiro atoms. The molecule has 1 heterocycles. The Morgan fingerprint density at radius 3 is 2.30 bits per heavy atom. The minimum Gasteiger partial charge on any atom is -0.490 e. The molecule has 7 nitrogen and oxygen atoms in total. The first-order valence-corrected chi connectivity index (χ1v) is 14.6. The normalized spacial score (nSPS) is 11.5. The third kappa shape index (κ3) is 8.43. The summed E-state index contributed by atoms with van der Waals surface area (Å²) in [4.78, 5) is 22.7. The van der Waals surface area contributed by atoms with Crippen molar-refractivity contribution in [1.29, 1.82) is 0 Å². The highest BCUT2D eigenvalue weighted by molar-refractivity contribution is 6.35. The fourth-order valence-electron chi connectivity index (χ4n) is 4.98. The highest BCUT2D eigenvalue weighted by atomic mass is 35.5. The number of nitrogens with zero attached hydrogens (tertiary/aromatic N) is 1. The summed E-state index contributed by atoms with van der Waals surface area (Å²) in [5, 5.41) is 20.6. The molecular formula is C34H33Cl2NO6. The van der Waals surface area contributed by atoms with Crippen LogP contribution in [0.2, 0.25) is 10.0 Å². The van der Waals surface area contributed by atoms with Gasteiger partial charge in [-0.2, -0.15) is 0 Å². The first-order chi connectivity index (χ1) is 20.6. The molecule has 0 aliphatic heterocycles. The van der Waals surface area contributed by atoms with E-state index in [-0.39, 0.29) is 13.0 Å². The molecular weight excluding hydrogens is 589 g/mol. The molecule has 1 aromatic heterocycles. The van der Waals surface area contributed by atoms with E-state index in [2.05, 4.69) is 0 Å². The van der Waals surface area contributed by atoms with Gasteiger partial charge < -0.3 is 24.3 Å². The zero-order valence-corrected chi connectivity index (χ0v) is 25.5. The van der Waals surface area contributed by atoms with Crippen LogP contribution in [0.3, 0.4) is 0 Å². The van der Waals surface area contributed by atoms with Crippen molar-refractivity contribution in [2.75, 3.05) is 13.2 Å². The van der Waals surface area contributed by atoms with Crippen molar-refractivity contribution in [3.8, 4) is 11.5 Å². The second-order valence-electron chi connectivity index (χ2n) is 10.1. The lowest BCUT2D eigenvalue weighted by atomic mass is 10.0. The zero-order chi connectivity index (χ0) is 30.9. The number of rotatable bonds is 14. The lowest BCUT2D eigenvalue weighted by Crippen LogP contribution is -2.10. The fourth-order valence-corrected chi connectivity index (χ4v) is 5.63. The molecule has 3 aromatic carbocycles. The molecule has 4 rings (SSSR count). The van der Waals surface area contributed by atoms with Crippen molar-refractivity contribution in [2.24, 2.45) is 0 Å². The number of halogens is 2. The van der Waals surface area contributed by atoms with Crippen LogP contribution >= 0.6 is 23.2 Å². The summed E-state index contributed by atoms with van der Waals surface area (Å²) in [5.74, 6) is -0.449. The molecule has 0 fully saturated rings. The number of aromatic nitrogens is 1. The van der Waals surface area contributed by atoms with Gasteiger partial charge in [0.15, 0.2) is 0 Å². The predicted molar refractivity (Wildman–Crippen MR) is 172 cm³/mol. The topological polar surface area (TPSA) is 98.0 Å². The largest absolute Gasteiger partial charge is 0.490 e. The standard InChI is InChI=1S/C34H33Cl2NO6/c1-22-19-26(35)20-30(36)34(22)43-18-4-3-17-42-27-15-12-24(13-16-27)11-14-25-7-5-9-29-28(8-6-10-31(38)39)23(2)37(33(25)29)21-32(40)41/h3-5,7,9,11-16,19-20H,6,8,10,17-18,21H2,1-2H3,(H,38,39)(H,40,41)/b4-3+,14-11?. The van der Waals surface area contributed by atoms with Gasteiger partial charge in [0, 0.05) is 22.5 Å². The second-order valence-corrected chi connectivity index (χ2v) is 10.9. The highest BCUT2D eigenvalue weighted by Crippen LogP contribution is 2.32. The van der Waals surface area contributed by atoms with E-state index in [1.807, 2.05) is 80.6 Å². The summed E-state index contributed by atoms with van der Waals surface area (Å²) in [6.07, 6.45) is 8.78. The van der Waals surface area contributed by atoms with E-state index in [4.69, 9.17) is 37.8 Å². The number of carboxylic acid groups (broad SMARTS) is 2. The average Bonchev–Trinajstić information content (AvgIpc) is 3.21. The summed E-state index contributed by atoms with van der Waals surface area (Å²) >= 11 is 12.2. The van der Waals surface area contributed by atoms with Crippen LogP contribution in [0.25, 0.3) is 23.1 Å². The van der Waals surface area contributed by atoms with Gasteiger partial charge in [0.05, 0.1) is 10.5 Å². The maximum Gasteiger partial charge on any atom is 0.323 e. The predicted octanol–water partition coefficient (Wildman–Crippen LogP) is 8.24. The molecule has 9 heteroatoms. The monoisotopic (exact) mass is 621 g/mol. The van der Waals surface area contributed by atoms with Crippen LogP contribution in [0.4, 0.5) is 0 Å². The van der Waals surface area contributed by atoms with E-state index in [1.54, 1.807) is 16.7 Å². The number of hydrogen-bond acceptors (Lipinski definition) is 4. The molecule has 0 unspecified atom stereocenters.